The molecule has 0 aliphatic rings. The van der Waals surface area contributed by atoms with Gasteiger partial charge in [-0.05, 0) is 66.2 Å². The zero-order chi connectivity index (χ0) is 34.1. The van der Waals surface area contributed by atoms with E-state index in [0.717, 1.165) is 72.8 Å². The summed E-state index contributed by atoms with van der Waals surface area (Å²) in [5.41, 5.74) is -2.56. The maximum Gasteiger partial charge on any atom is 0.416 e. The predicted octanol–water partition coefficient (Wildman–Crippen LogP) is 5.49. The second-order valence-corrected chi connectivity index (χ2v) is 9.98. The van der Waals surface area contributed by atoms with E-state index >= 15 is 0 Å². The molecule has 46 heavy (non-hydrogen) atoms. The number of carbonyl (C=O) groups excluding carboxylic acids is 2. The molecule has 0 bridgehead atoms. The number of aliphatic hydroxyl groups excluding tert-OH is 1. The highest BCUT2D eigenvalue weighted by molar-refractivity contribution is 5.94. The Morgan fingerprint density at radius 3 is 1.24 bits per heavy atom. The van der Waals surface area contributed by atoms with E-state index in [9.17, 15) is 54.2 Å². The molecular formula is C30H29F9N4O3. The Morgan fingerprint density at radius 1 is 0.565 bits per heavy atom. The van der Waals surface area contributed by atoms with Crippen LogP contribution in [0.2, 0.25) is 0 Å². The van der Waals surface area contributed by atoms with Gasteiger partial charge in [-0.15, -0.1) is 0 Å². The molecule has 2 amide bonds. The van der Waals surface area contributed by atoms with Crippen LogP contribution in [0.3, 0.4) is 0 Å². The van der Waals surface area contributed by atoms with E-state index in [0.29, 0.717) is 0 Å². The second kappa shape index (κ2) is 15.4. The van der Waals surface area contributed by atoms with E-state index < -0.39 is 53.3 Å². The standard InChI is InChI=1S/C30H29F9N4O3/c31-28(32,33)22-7-1-19(2-8-22)25(44)40-13-16-43(17-14-41-26(45)20-3-9-23(10-4-20)29(34,35)36)18-15-42-27(46)21-5-11-24(12-6-21)30(37,38)39/h1-12,25,40,44H,13-18H2,(H,41,45)(H,42,46). The number of rotatable bonds is 13. The number of hydrogen-bond acceptors (Lipinski definition) is 5. The molecule has 4 N–H and O–H groups in total. The summed E-state index contributed by atoms with van der Waals surface area (Å²) < 4.78 is 115. The molecular weight excluding hydrogens is 635 g/mol. The van der Waals surface area contributed by atoms with Crippen LogP contribution in [0.25, 0.3) is 0 Å². The molecule has 0 aliphatic heterocycles. The van der Waals surface area contributed by atoms with Gasteiger partial charge in [-0.1, -0.05) is 12.1 Å². The highest BCUT2D eigenvalue weighted by Gasteiger charge is 2.32. The highest BCUT2D eigenvalue weighted by Crippen LogP contribution is 2.31. The fourth-order valence-corrected chi connectivity index (χ4v) is 4.15. The molecule has 3 aromatic carbocycles. The van der Waals surface area contributed by atoms with Crippen molar-refractivity contribution in [1.29, 1.82) is 0 Å². The van der Waals surface area contributed by atoms with E-state index in [1.54, 1.807) is 4.90 Å². The zero-order valence-electron chi connectivity index (χ0n) is 23.9. The third-order valence-corrected chi connectivity index (χ3v) is 6.70. The third kappa shape index (κ3) is 11.0. The average molecular weight is 665 g/mol. The van der Waals surface area contributed by atoms with E-state index in [4.69, 9.17) is 0 Å². The minimum absolute atomic E-state index is 0.00955. The van der Waals surface area contributed by atoms with Gasteiger partial charge in [0.05, 0.1) is 16.7 Å². The summed E-state index contributed by atoms with van der Waals surface area (Å²) in [6, 6.07) is 11.1. The summed E-state index contributed by atoms with van der Waals surface area (Å²) in [4.78, 5) is 26.6. The molecule has 0 fully saturated rings. The number of nitrogens with zero attached hydrogens (tertiary/aromatic N) is 1. The average Bonchev–Trinajstić information content (AvgIpc) is 2.99. The Morgan fingerprint density at radius 2 is 0.891 bits per heavy atom. The van der Waals surface area contributed by atoms with Crippen molar-refractivity contribution in [3.8, 4) is 0 Å². The van der Waals surface area contributed by atoms with Crippen molar-refractivity contribution >= 4 is 11.8 Å². The third-order valence-electron chi connectivity index (χ3n) is 6.70. The number of alkyl halides is 9. The number of amides is 2. The van der Waals surface area contributed by atoms with Gasteiger partial charge in [0, 0.05) is 50.4 Å². The molecule has 3 aromatic rings. The van der Waals surface area contributed by atoms with Crippen molar-refractivity contribution in [2.75, 3.05) is 39.3 Å². The van der Waals surface area contributed by atoms with Gasteiger partial charge in [-0.3, -0.25) is 19.8 Å². The lowest BCUT2D eigenvalue weighted by molar-refractivity contribution is -0.138. The quantitative estimate of drug-likeness (QED) is 0.144. The van der Waals surface area contributed by atoms with Crippen molar-refractivity contribution in [2.45, 2.75) is 24.8 Å². The fourth-order valence-electron chi connectivity index (χ4n) is 4.15. The van der Waals surface area contributed by atoms with Gasteiger partial charge < -0.3 is 15.7 Å². The monoisotopic (exact) mass is 664 g/mol. The summed E-state index contributed by atoms with van der Waals surface area (Å²) >= 11 is 0. The number of hydrogen-bond donors (Lipinski definition) is 4. The molecule has 0 saturated carbocycles. The minimum atomic E-state index is -4.56. The lowest BCUT2D eigenvalue weighted by atomic mass is 10.1. The van der Waals surface area contributed by atoms with Crippen molar-refractivity contribution in [3.63, 3.8) is 0 Å². The van der Waals surface area contributed by atoms with Gasteiger partial charge in [0.25, 0.3) is 11.8 Å². The molecule has 3 rings (SSSR count). The first-order valence-electron chi connectivity index (χ1n) is 13.7. The number of carbonyl (C=O) groups is 2. The van der Waals surface area contributed by atoms with Gasteiger partial charge in [0.15, 0.2) is 0 Å². The molecule has 250 valence electrons. The first kappa shape index (κ1) is 36.3. The second-order valence-electron chi connectivity index (χ2n) is 9.98. The Kier molecular flexibility index (Phi) is 12.2. The van der Waals surface area contributed by atoms with Crippen LogP contribution in [0.4, 0.5) is 39.5 Å². The molecule has 0 aromatic heterocycles. The van der Waals surface area contributed by atoms with Crippen LogP contribution in [0, 0.1) is 0 Å². The summed E-state index contributed by atoms with van der Waals surface area (Å²) in [6.07, 6.45) is -15.0. The number of benzene rings is 3. The lowest BCUT2D eigenvalue weighted by Crippen LogP contribution is -2.42. The molecule has 7 nitrogen and oxygen atoms in total. The minimum Gasteiger partial charge on any atom is -0.374 e. The van der Waals surface area contributed by atoms with Crippen LogP contribution in [0.5, 0.6) is 0 Å². The van der Waals surface area contributed by atoms with Crippen molar-refractivity contribution in [3.05, 3.63) is 106 Å². The summed E-state index contributed by atoms with van der Waals surface area (Å²) in [6.45, 7) is 0.676. The van der Waals surface area contributed by atoms with Crippen LogP contribution in [0.15, 0.2) is 72.8 Å². The Hall–Kier alpha value is -4.15. The van der Waals surface area contributed by atoms with Gasteiger partial charge >= 0.3 is 18.5 Å². The lowest BCUT2D eigenvalue weighted by Gasteiger charge is -2.24. The normalized spacial score (nSPS) is 13.0. The Labute approximate surface area is 257 Å². The first-order chi connectivity index (χ1) is 21.4. The smallest absolute Gasteiger partial charge is 0.374 e. The van der Waals surface area contributed by atoms with Crippen LogP contribution >= 0.6 is 0 Å². The molecule has 0 aliphatic carbocycles. The number of nitrogens with one attached hydrogen (secondary N) is 3. The van der Waals surface area contributed by atoms with E-state index in [1.165, 1.54) is 0 Å². The molecule has 16 heteroatoms. The van der Waals surface area contributed by atoms with Crippen LogP contribution in [-0.2, 0) is 18.5 Å². The van der Waals surface area contributed by atoms with Crippen LogP contribution in [-0.4, -0.2) is 61.1 Å². The molecule has 0 radical (unpaired) electrons. The van der Waals surface area contributed by atoms with Crippen molar-refractivity contribution in [1.82, 2.24) is 20.9 Å². The first-order valence-corrected chi connectivity index (χ1v) is 13.7. The predicted molar refractivity (Wildman–Crippen MR) is 148 cm³/mol. The van der Waals surface area contributed by atoms with E-state index in [-0.39, 0.29) is 56.0 Å². The molecule has 1 atom stereocenters. The maximum atomic E-state index is 12.8. The van der Waals surface area contributed by atoms with E-state index in [2.05, 4.69) is 16.0 Å². The molecule has 0 spiro atoms. The van der Waals surface area contributed by atoms with Crippen molar-refractivity contribution in [2.24, 2.45) is 0 Å². The fraction of sp³-hybridized carbons (Fsp3) is 0.333. The summed E-state index contributed by atoms with van der Waals surface area (Å²) in [5.74, 6) is -1.28. The van der Waals surface area contributed by atoms with E-state index in [1.807, 2.05) is 0 Å². The molecule has 0 saturated heterocycles. The Bertz CT molecular complexity index is 1350. The van der Waals surface area contributed by atoms with Gasteiger partial charge in [-0.2, -0.15) is 39.5 Å². The van der Waals surface area contributed by atoms with Gasteiger partial charge in [0.1, 0.15) is 6.23 Å². The SMILES string of the molecule is O=C(NCCN(CCNC(=O)c1ccc(C(F)(F)F)cc1)CCNC(O)c1ccc(C(F)(F)F)cc1)c1ccc(C(F)(F)F)cc1. The largest absolute Gasteiger partial charge is 0.416 e. The zero-order valence-corrected chi connectivity index (χ0v) is 23.9. The van der Waals surface area contributed by atoms with Crippen LogP contribution in [0.1, 0.15) is 49.2 Å². The maximum absolute atomic E-state index is 12.8. The van der Waals surface area contributed by atoms with Crippen molar-refractivity contribution < 1.29 is 54.2 Å². The van der Waals surface area contributed by atoms with Gasteiger partial charge in [-0.25, -0.2) is 0 Å². The Balaban J connectivity index is 1.56. The van der Waals surface area contributed by atoms with Crippen LogP contribution < -0.4 is 16.0 Å². The van der Waals surface area contributed by atoms with Gasteiger partial charge in [0.2, 0.25) is 0 Å². The summed E-state index contributed by atoms with van der Waals surface area (Å²) in [7, 11) is 0. The highest BCUT2D eigenvalue weighted by atomic mass is 19.4. The number of aliphatic hydroxyl groups is 1. The summed E-state index contributed by atoms with van der Waals surface area (Å²) in [5, 5.41) is 18.2. The topological polar surface area (TPSA) is 93.7 Å². The molecule has 1 unspecified atom stereocenters. The molecule has 0 heterocycles. The number of halogens is 9.